The average molecular weight is 609 g/mol. The number of nitrogens with zero attached hydrogens (tertiary/aromatic N) is 4. The Bertz CT molecular complexity index is 2520. The van der Waals surface area contributed by atoms with E-state index in [-0.39, 0.29) is 0 Å². The standard InChI is InChI=1S/C42H32N4O/c1-28(2)29-17-21-33(22-18-29)44(34-23-19-31(20-24-34)30-11-5-3-6-12-30)35-25-26-37-38(27-35)45(32-13-7-4-8-14-32)42-43-40-36-15-9-10-16-39(36)47-41(40)46(37)42/h3-28H,1-2H3. The molecule has 9 rings (SSSR count). The highest BCUT2D eigenvalue weighted by Crippen LogP contribution is 2.40. The minimum atomic E-state index is 0.458. The first-order valence-corrected chi connectivity index (χ1v) is 16.1. The molecule has 5 nitrogen and oxygen atoms in total. The molecule has 0 radical (unpaired) electrons. The zero-order valence-electron chi connectivity index (χ0n) is 26.2. The fourth-order valence-electron chi connectivity index (χ4n) is 6.73. The third-order valence-electron chi connectivity index (χ3n) is 9.13. The van der Waals surface area contributed by atoms with Gasteiger partial charge in [0.25, 0.3) is 0 Å². The topological polar surface area (TPSA) is 38.6 Å². The van der Waals surface area contributed by atoms with Crippen LogP contribution in [0.2, 0.25) is 0 Å². The fraction of sp³-hybridized carbons (Fsp3) is 0.0714. The van der Waals surface area contributed by atoms with Crippen LogP contribution in [0.25, 0.3) is 55.8 Å². The van der Waals surface area contributed by atoms with Crippen LogP contribution < -0.4 is 4.90 Å². The molecule has 6 aromatic carbocycles. The summed E-state index contributed by atoms with van der Waals surface area (Å²) in [5, 5.41) is 1.02. The summed E-state index contributed by atoms with van der Waals surface area (Å²) in [6.07, 6.45) is 0. The molecule has 9 aromatic rings. The molecule has 47 heavy (non-hydrogen) atoms. The molecule has 3 aromatic heterocycles. The molecule has 3 heterocycles. The number of rotatable bonds is 6. The quantitative estimate of drug-likeness (QED) is 0.188. The van der Waals surface area contributed by atoms with Gasteiger partial charge in [0.15, 0.2) is 0 Å². The van der Waals surface area contributed by atoms with E-state index in [4.69, 9.17) is 9.40 Å². The second-order valence-corrected chi connectivity index (χ2v) is 12.3. The molecular formula is C42H32N4O. The molecule has 0 spiro atoms. The van der Waals surface area contributed by atoms with E-state index in [2.05, 4.69) is 155 Å². The van der Waals surface area contributed by atoms with E-state index in [1.165, 1.54) is 16.7 Å². The first-order valence-electron chi connectivity index (χ1n) is 16.1. The third-order valence-corrected chi connectivity index (χ3v) is 9.13. The molecule has 0 atom stereocenters. The van der Waals surface area contributed by atoms with Gasteiger partial charge in [-0.1, -0.05) is 98.8 Å². The van der Waals surface area contributed by atoms with Crippen molar-refractivity contribution in [3.05, 3.63) is 157 Å². The Morgan fingerprint density at radius 3 is 1.94 bits per heavy atom. The zero-order chi connectivity index (χ0) is 31.5. The molecule has 0 aliphatic heterocycles. The number of furan rings is 1. The number of anilines is 3. The lowest BCUT2D eigenvalue weighted by molar-refractivity contribution is 0.651. The summed E-state index contributed by atoms with van der Waals surface area (Å²) >= 11 is 0. The van der Waals surface area contributed by atoms with Gasteiger partial charge in [0.2, 0.25) is 11.5 Å². The van der Waals surface area contributed by atoms with E-state index < -0.39 is 0 Å². The van der Waals surface area contributed by atoms with Gasteiger partial charge in [0.1, 0.15) is 11.1 Å². The zero-order valence-corrected chi connectivity index (χ0v) is 26.2. The Labute approximate surface area is 272 Å². The van der Waals surface area contributed by atoms with Crippen LogP contribution in [0.5, 0.6) is 0 Å². The van der Waals surface area contributed by atoms with Crippen molar-refractivity contribution in [2.24, 2.45) is 0 Å². The van der Waals surface area contributed by atoms with Crippen LogP contribution >= 0.6 is 0 Å². The van der Waals surface area contributed by atoms with Crippen molar-refractivity contribution in [3.63, 3.8) is 0 Å². The van der Waals surface area contributed by atoms with E-state index in [0.717, 1.165) is 61.8 Å². The van der Waals surface area contributed by atoms with Crippen LogP contribution in [0.3, 0.4) is 0 Å². The Morgan fingerprint density at radius 1 is 0.596 bits per heavy atom. The van der Waals surface area contributed by atoms with E-state index in [0.29, 0.717) is 5.92 Å². The number of hydrogen-bond acceptors (Lipinski definition) is 3. The second-order valence-electron chi connectivity index (χ2n) is 12.3. The van der Waals surface area contributed by atoms with Crippen molar-refractivity contribution < 1.29 is 4.42 Å². The molecular weight excluding hydrogens is 576 g/mol. The minimum absolute atomic E-state index is 0.458. The van der Waals surface area contributed by atoms with Crippen molar-refractivity contribution in [1.29, 1.82) is 0 Å². The Kier molecular flexibility index (Phi) is 6.25. The van der Waals surface area contributed by atoms with Crippen LogP contribution in [-0.4, -0.2) is 14.0 Å². The molecule has 0 aliphatic rings. The van der Waals surface area contributed by atoms with E-state index in [1.54, 1.807) is 0 Å². The number of imidazole rings is 2. The summed E-state index contributed by atoms with van der Waals surface area (Å²) in [6, 6.07) is 53.5. The largest absolute Gasteiger partial charge is 0.437 e. The number of aromatic nitrogens is 3. The molecule has 226 valence electrons. The van der Waals surface area contributed by atoms with Crippen molar-refractivity contribution >= 4 is 56.1 Å². The lowest BCUT2D eigenvalue weighted by Gasteiger charge is -2.26. The highest BCUT2D eigenvalue weighted by atomic mass is 16.3. The molecule has 0 aliphatic carbocycles. The lowest BCUT2D eigenvalue weighted by atomic mass is 10.0. The van der Waals surface area contributed by atoms with Crippen LogP contribution in [-0.2, 0) is 0 Å². The summed E-state index contributed by atoms with van der Waals surface area (Å²) in [5.41, 5.74) is 12.5. The first-order chi connectivity index (χ1) is 23.1. The van der Waals surface area contributed by atoms with Crippen LogP contribution in [0.15, 0.2) is 156 Å². The van der Waals surface area contributed by atoms with Gasteiger partial charge in [-0.15, -0.1) is 0 Å². The highest BCUT2D eigenvalue weighted by molar-refractivity contribution is 6.05. The maximum Gasteiger partial charge on any atom is 0.234 e. The predicted octanol–water partition coefficient (Wildman–Crippen LogP) is 11.4. The van der Waals surface area contributed by atoms with Crippen LogP contribution in [0, 0.1) is 0 Å². The maximum atomic E-state index is 6.43. The van der Waals surface area contributed by atoms with Gasteiger partial charge < -0.3 is 9.32 Å². The molecule has 0 unspecified atom stereocenters. The first kappa shape index (κ1) is 27.3. The van der Waals surface area contributed by atoms with Gasteiger partial charge in [0.05, 0.1) is 11.0 Å². The third kappa shape index (κ3) is 4.43. The molecule has 0 bridgehead atoms. The Morgan fingerprint density at radius 2 is 1.21 bits per heavy atom. The number of fused-ring (bicyclic) bond motifs is 7. The highest BCUT2D eigenvalue weighted by Gasteiger charge is 2.23. The number of benzene rings is 6. The summed E-state index contributed by atoms with van der Waals surface area (Å²) in [7, 11) is 0. The van der Waals surface area contributed by atoms with Gasteiger partial charge in [-0.05, 0) is 89.3 Å². The van der Waals surface area contributed by atoms with E-state index >= 15 is 0 Å². The molecule has 0 fully saturated rings. The van der Waals surface area contributed by atoms with Crippen molar-refractivity contribution in [3.8, 4) is 16.8 Å². The Hall–Kier alpha value is -6.07. The lowest BCUT2D eigenvalue weighted by Crippen LogP contribution is -2.10. The van der Waals surface area contributed by atoms with Crippen LogP contribution in [0.1, 0.15) is 25.3 Å². The Balaban J connectivity index is 1.27. The van der Waals surface area contributed by atoms with Gasteiger partial charge >= 0.3 is 0 Å². The summed E-state index contributed by atoms with van der Waals surface area (Å²) in [4.78, 5) is 7.52. The van der Waals surface area contributed by atoms with Gasteiger partial charge in [0, 0.05) is 28.1 Å². The smallest absolute Gasteiger partial charge is 0.234 e. The SMILES string of the molecule is CC(C)c1ccc(N(c2ccc(-c3ccccc3)cc2)c2ccc3c(c2)n(-c2ccccc2)c2nc4c5ccccc5oc4n32)cc1. The number of hydrogen-bond donors (Lipinski definition) is 0. The van der Waals surface area contributed by atoms with Crippen molar-refractivity contribution in [2.45, 2.75) is 19.8 Å². The maximum absolute atomic E-state index is 6.43. The minimum Gasteiger partial charge on any atom is -0.437 e. The normalized spacial score (nSPS) is 11.8. The monoisotopic (exact) mass is 608 g/mol. The van der Waals surface area contributed by atoms with Crippen molar-refractivity contribution in [1.82, 2.24) is 14.0 Å². The van der Waals surface area contributed by atoms with Gasteiger partial charge in [-0.3, -0.25) is 4.57 Å². The molecule has 0 saturated carbocycles. The fourth-order valence-corrected chi connectivity index (χ4v) is 6.73. The summed E-state index contributed by atoms with van der Waals surface area (Å²) in [5.74, 6) is 1.28. The molecule has 0 N–H and O–H groups in total. The molecule has 0 amide bonds. The van der Waals surface area contributed by atoms with E-state index in [9.17, 15) is 0 Å². The second kappa shape index (κ2) is 10.8. The molecule has 0 saturated heterocycles. The summed E-state index contributed by atoms with van der Waals surface area (Å²) < 4.78 is 10.8. The van der Waals surface area contributed by atoms with Gasteiger partial charge in [-0.25, -0.2) is 9.38 Å². The summed E-state index contributed by atoms with van der Waals surface area (Å²) in [6.45, 7) is 4.46. The number of para-hydroxylation sites is 2. The predicted molar refractivity (Wildman–Crippen MR) is 194 cm³/mol. The van der Waals surface area contributed by atoms with E-state index in [1.807, 2.05) is 24.3 Å². The van der Waals surface area contributed by atoms with Gasteiger partial charge in [-0.2, -0.15) is 0 Å². The average Bonchev–Trinajstić information content (AvgIpc) is 3.76. The molecule has 5 heteroatoms. The van der Waals surface area contributed by atoms with Crippen LogP contribution in [0.4, 0.5) is 17.1 Å². The van der Waals surface area contributed by atoms with Crippen molar-refractivity contribution in [2.75, 3.05) is 4.90 Å².